The zero-order valence-electron chi connectivity index (χ0n) is 23.4. The number of benzene rings is 2. The Kier molecular flexibility index (Phi) is 7.89. The maximum atomic E-state index is 13.4. The number of aromatic nitrogens is 3. The van der Waals surface area contributed by atoms with Crippen LogP contribution in [0, 0.1) is 20.8 Å². The van der Waals surface area contributed by atoms with E-state index in [4.69, 9.17) is 0 Å². The van der Waals surface area contributed by atoms with Crippen molar-refractivity contribution < 1.29 is 23.1 Å². The van der Waals surface area contributed by atoms with E-state index in [0.717, 1.165) is 24.0 Å². The number of H-pyrrole nitrogens is 1. The number of fused-ring (bicyclic) bond motifs is 1. The van der Waals surface area contributed by atoms with Crippen molar-refractivity contribution in [3.63, 3.8) is 0 Å². The summed E-state index contributed by atoms with van der Waals surface area (Å²) in [4.78, 5) is 45.7. The number of carboxylic acid groups (broad SMARTS) is 1. The molecule has 0 spiro atoms. The Morgan fingerprint density at radius 3 is 2.48 bits per heavy atom. The third-order valence-corrected chi connectivity index (χ3v) is 8.95. The van der Waals surface area contributed by atoms with Gasteiger partial charge >= 0.3 is 5.97 Å². The number of hydrogen-bond donors (Lipinski definition) is 5. The van der Waals surface area contributed by atoms with E-state index in [-0.39, 0.29) is 16.5 Å². The number of aryl methyl sites for hydroxylation is 3. The third kappa shape index (κ3) is 6.06. The second kappa shape index (κ2) is 11.4. The molecule has 0 radical (unpaired) electrons. The molecule has 1 fully saturated rings. The minimum atomic E-state index is -4.22. The predicted molar refractivity (Wildman–Crippen MR) is 157 cm³/mol. The van der Waals surface area contributed by atoms with Crippen molar-refractivity contribution in [3.8, 4) is 0 Å². The van der Waals surface area contributed by atoms with Gasteiger partial charge in [0.2, 0.25) is 15.5 Å². The number of carbonyl (C=O) groups is 2. The van der Waals surface area contributed by atoms with Crippen molar-refractivity contribution in [3.05, 3.63) is 87.0 Å². The number of rotatable bonds is 11. The van der Waals surface area contributed by atoms with Crippen LogP contribution in [0.1, 0.15) is 51.5 Å². The molecule has 2 aromatic heterocycles. The topological polar surface area (TPSA) is 175 Å². The molecule has 2 aromatic carbocycles. The van der Waals surface area contributed by atoms with E-state index < -0.39 is 39.9 Å². The molecule has 1 aliphatic rings. The molecular weight excluding hydrogens is 560 g/mol. The van der Waals surface area contributed by atoms with Crippen molar-refractivity contribution in [2.24, 2.45) is 0 Å². The predicted octanol–water partition coefficient (Wildman–Crippen LogP) is 2.76. The van der Waals surface area contributed by atoms with Crippen LogP contribution in [0.5, 0.6) is 0 Å². The highest BCUT2D eigenvalue weighted by molar-refractivity contribution is 7.89. The van der Waals surface area contributed by atoms with Gasteiger partial charge in [-0.25, -0.2) is 13.4 Å². The Labute approximate surface area is 242 Å². The number of hydrogen-bond acceptors (Lipinski definition) is 7. The van der Waals surface area contributed by atoms with E-state index >= 15 is 0 Å². The summed E-state index contributed by atoms with van der Waals surface area (Å²) < 4.78 is 30.4. The summed E-state index contributed by atoms with van der Waals surface area (Å²) in [6.07, 6.45) is 6.64. The molecular formula is C29H32N6O6S. The number of aromatic amines is 1. The van der Waals surface area contributed by atoms with Crippen LogP contribution in [0.25, 0.3) is 10.9 Å². The molecule has 12 nitrogen and oxygen atoms in total. The Hall–Kier alpha value is -4.49. The molecule has 42 heavy (non-hydrogen) atoms. The first kappa shape index (κ1) is 29.0. The third-order valence-electron chi connectivity index (χ3n) is 7.18. The molecule has 1 atom stereocenters. The van der Waals surface area contributed by atoms with Gasteiger partial charge in [-0.2, -0.15) is 4.72 Å². The van der Waals surface area contributed by atoms with Crippen molar-refractivity contribution in [1.82, 2.24) is 24.6 Å². The van der Waals surface area contributed by atoms with Gasteiger partial charge in [-0.15, -0.1) is 0 Å². The van der Waals surface area contributed by atoms with Gasteiger partial charge < -0.3 is 25.3 Å². The normalized spacial score (nSPS) is 14.1. The summed E-state index contributed by atoms with van der Waals surface area (Å²) in [6.45, 7) is 5.01. The molecule has 1 saturated carbocycles. The molecule has 13 heteroatoms. The molecule has 220 valence electrons. The van der Waals surface area contributed by atoms with Gasteiger partial charge in [-0.1, -0.05) is 23.8 Å². The lowest BCUT2D eigenvalue weighted by molar-refractivity contribution is -0.138. The largest absolute Gasteiger partial charge is 0.480 e. The number of nitrogens with one attached hydrogen (secondary N) is 4. The van der Waals surface area contributed by atoms with Crippen LogP contribution >= 0.6 is 0 Å². The van der Waals surface area contributed by atoms with E-state index in [0.29, 0.717) is 34.5 Å². The van der Waals surface area contributed by atoms with E-state index in [1.165, 1.54) is 6.20 Å². The standard InChI is InChI=1S/C29H32N6O6S/c1-16-10-17(2)26(18(3)11-16)42(40,41)34-23(28(38)39)14-32-27(37)22-15-35(20-5-6-20)24-12-19(4-7-21(24)25(22)36)13-33-29-30-8-9-31-29/h4,7-12,15,20,23,34H,5-6,13-14H2,1-3H3,(H,32,37)(H,38,39)(H2,30,31,33). The zero-order valence-corrected chi connectivity index (χ0v) is 24.2. The summed E-state index contributed by atoms with van der Waals surface area (Å²) >= 11 is 0. The van der Waals surface area contributed by atoms with Crippen molar-refractivity contribution in [2.45, 2.75) is 57.1 Å². The number of imidazole rings is 1. The van der Waals surface area contributed by atoms with Gasteiger partial charge in [0.1, 0.15) is 11.6 Å². The highest BCUT2D eigenvalue weighted by atomic mass is 32.2. The summed E-state index contributed by atoms with van der Waals surface area (Å²) in [6, 6.07) is 7.24. The van der Waals surface area contributed by atoms with Crippen LogP contribution in [0.4, 0.5) is 5.95 Å². The number of nitrogens with zero attached hydrogens (tertiary/aromatic N) is 2. The Bertz CT molecular complexity index is 1820. The molecule has 1 aliphatic carbocycles. The highest BCUT2D eigenvalue weighted by Gasteiger charge is 2.30. The molecule has 1 unspecified atom stereocenters. The Balaban J connectivity index is 1.37. The van der Waals surface area contributed by atoms with E-state index in [1.54, 1.807) is 50.5 Å². The number of pyridine rings is 1. The molecule has 0 saturated heterocycles. The molecule has 5 rings (SSSR count). The lowest BCUT2D eigenvalue weighted by Crippen LogP contribution is -2.49. The maximum Gasteiger partial charge on any atom is 0.323 e. The van der Waals surface area contributed by atoms with Gasteiger partial charge in [0.25, 0.3) is 5.91 Å². The number of sulfonamides is 1. The van der Waals surface area contributed by atoms with Gasteiger partial charge in [-0.3, -0.25) is 14.4 Å². The molecule has 2 heterocycles. The van der Waals surface area contributed by atoms with Gasteiger partial charge in [0, 0.05) is 43.1 Å². The minimum absolute atomic E-state index is 0.00810. The number of aliphatic carboxylic acids is 1. The van der Waals surface area contributed by atoms with Crippen molar-refractivity contribution in [1.29, 1.82) is 0 Å². The number of amides is 1. The zero-order chi connectivity index (χ0) is 30.2. The molecule has 5 N–H and O–H groups in total. The van der Waals surface area contributed by atoms with Crippen molar-refractivity contribution in [2.75, 3.05) is 11.9 Å². The van der Waals surface area contributed by atoms with Crippen LogP contribution < -0.4 is 20.8 Å². The molecule has 0 aliphatic heterocycles. The smallest absolute Gasteiger partial charge is 0.323 e. The maximum absolute atomic E-state index is 13.4. The van der Waals surface area contributed by atoms with Crippen molar-refractivity contribution >= 4 is 38.8 Å². The van der Waals surface area contributed by atoms with E-state index in [9.17, 15) is 27.9 Å². The quantitative estimate of drug-likeness (QED) is 0.177. The molecule has 4 aromatic rings. The number of carbonyl (C=O) groups excluding carboxylic acids is 1. The number of anilines is 1. The minimum Gasteiger partial charge on any atom is -0.480 e. The van der Waals surface area contributed by atoms with Gasteiger partial charge in [0.05, 0.1) is 10.4 Å². The van der Waals surface area contributed by atoms with Gasteiger partial charge in [-0.05, 0) is 62.4 Å². The molecule has 1 amide bonds. The number of carboxylic acids is 1. The average Bonchev–Trinajstić information content (AvgIpc) is 3.62. The summed E-state index contributed by atoms with van der Waals surface area (Å²) in [5.74, 6) is -1.63. The molecule has 0 bridgehead atoms. The lowest BCUT2D eigenvalue weighted by Gasteiger charge is -2.19. The van der Waals surface area contributed by atoms with Crippen LogP contribution in [0.2, 0.25) is 0 Å². The van der Waals surface area contributed by atoms with Crippen LogP contribution in [-0.2, 0) is 21.4 Å². The fourth-order valence-corrected chi connectivity index (χ4v) is 6.82. The summed E-state index contributed by atoms with van der Waals surface area (Å²) in [5.41, 5.74) is 2.80. The van der Waals surface area contributed by atoms with E-state index in [2.05, 4.69) is 25.3 Å². The van der Waals surface area contributed by atoms with Crippen LogP contribution in [-0.4, -0.2) is 52.5 Å². The first-order valence-electron chi connectivity index (χ1n) is 13.5. The Morgan fingerprint density at radius 2 is 1.86 bits per heavy atom. The van der Waals surface area contributed by atoms with Crippen LogP contribution in [0.15, 0.2) is 58.6 Å². The van der Waals surface area contributed by atoms with Gasteiger partial charge in [0.15, 0.2) is 5.95 Å². The fraction of sp³-hybridized carbons (Fsp3) is 0.310. The van der Waals surface area contributed by atoms with E-state index in [1.807, 2.05) is 17.6 Å². The lowest BCUT2D eigenvalue weighted by atomic mass is 10.1. The second-order valence-corrected chi connectivity index (χ2v) is 12.3. The highest BCUT2D eigenvalue weighted by Crippen LogP contribution is 2.37. The second-order valence-electron chi connectivity index (χ2n) is 10.6. The van der Waals surface area contributed by atoms with Crippen LogP contribution in [0.3, 0.4) is 0 Å². The SMILES string of the molecule is Cc1cc(C)c(S(=O)(=O)NC(CNC(=O)c2cn(C3CC3)c3cc(CNc4ncc[nH]4)ccc3c2=O)C(=O)O)c(C)c1. The fourth-order valence-electron chi connectivity index (χ4n) is 5.18. The first-order valence-corrected chi connectivity index (χ1v) is 14.9. The first-order chi connectivity index (χ1) is 19.9. The summed E-state index contributed by atoms with van der Waals surface area (Å²) in [7, 11) is -4.22. The Morgan fingerprint density at radius 1 is 1.14 bits per heavy atom. The monoisotopic (exact) mass is 592 g/mol. The average molecular weight is 593 g/mol. The summed E-state index contributed by atoms with van der Waals surface area (Å²) in [5, 5.41) is 15.7.